The van der Waals surface area contributed by atoms with E-state index in [0.717, 1.165) is 0 Å². The predicted molar refractivity (Wildman–Crippen MR) is 77.7 cm³/mol. The van der Waals surface area contributed by atoms with Crippen molar-refractivity contribution in [2.75, 3.05) is 0 Å². The molecule has 0 radical (unpaired) electrons. The van der Waals surface area contributed by atoms with Crippen molar-refractivity contribution in [3.05, 3.63) is 51.9 Å². The third kappa shape index (κ3) is 3.56. The average Bonchev–Trinajstić information content (AvgIpc) is 2.85. The lowest BCUT2D eigenvalue weighted by molar-refractivity contribution is 0.0943. The highest BCUT2D eigenvalue weighted by molar-refractivity contribution is 7.89. The van der Waals surface area contributed by atoms with E-state index in [2.05, 4.69) is 5.43 Å². The molecular weight excluding hydrogens is 339 g/mol. The first-order valence-corrected chi connectivity index (χ1v) is 7.86. The molecule has 0 saturated carbocycles. The number of hydrazine groups is 1. The van der Waals surface area contributed by atoms with Crippen LogP contribution in [0.25, 0.3) is 0 Å². The zero-order chi connectivity index (χ0) is 15.6. The molecule has 21 heavy (non-hydrogen) atoms. The molecule has 0 saturated heterocycles. The molecule has 0 aliphatic heterocycles. The Bertz CT molecular complexity index is 786. The summed E-state index contributed by atoms with van der Waals surface area (Å²) in [6.45, 7) is 1.58. The Morgan fingerprint density at radius 2 is 1.95 bits per heavy atom. The number of amides is 1. The van der Waals surface area contributed by atoms with Crippen molar-refractivity contribution >= 4 is 39.1 Å². The number of aryl methyl sites for hydroxylation is 1. The monoisotopic (exact) mass is 348 g/mol. The minimum atomic E-state index is -4.04. The van der Waals surface area contributed by atoms with Crippen molar-refractivity contribution in [3.63, 3.8) is 0 Å². The smallest absolute Gasteiger partial charge is 0.269 e. The van der Waals surface area contributed by atoms with Gasteiger partial charge in [-0.25, -0.2) is 8.42 Å². The summed E-state index contributed by atoms with van der Waals surface area (Å²) in [6, 6.07) is 5.41. The molecule has 1 amide bonds. The van der Waals surface area contributed by atoms with Gasteiger partial charge < -0.3 is 4.42 Å². The van der Waals surface area contributed by atoms with Crippen LogP contribution in [0.2, 0.25) is 10.0 Å². The Morgan fingerprint density at radius 1 is 1.24 bits per heavy atom. The van der Waals surface area contributed by atoms with Crippen molar-refractivity contribution in [1.29, 1.82) is 0 Å². The lowest BCUT2D eigenvalue weighted by atomic mass is 10.2. The van der Waals surface area contributed by atoms with Crippen LogP contribution in [0.15, 0.2) is 39.8 Å². The molecule has 0 unspecified atom stereocenters. The lowest BCUT2D eigenvalue weighted by Gasteiger charge is -2.09. The van der Waals surface area contributed by atoms with Crippen LogP contribution in [0.5, 0.6) is 0 Å². The van der Waals surface area contributed by atoms with E-state index < -0.39 is 15.9 Å². The third-order valence-electron chi connectivity index (χ3n) is 2.59. The van der Waals surface area contributed by atoms with Gasteiger partial charge in [0.15, 0.2) is 0 Å². The van der Waals surface area contributed by atoms with Crippen LogP contribution in [0.3, 0.4) is 0 Å². The molecule has 9 heteroatoms. The number of carbonyl (C=O) groups is 1. The van der Waals surface area contributed by atoms with Gasteiger partial charge in [0.1, 0.15) is 10.7 Å². The fourth-order valence-electron chi connectivity index (χ4n) is 1.54. The first-order valence-electron chi connectivity index (χ1n) is 5.62. The van der Waals surface area contributed by atoms with Gasteiger partial charge in [0, 0.05) is 5.02 Å². The van der Waals surface area contributed by atoms with Gasteiger partial charge in [-0.05, 0) is 31.2 Å². The third-order valence-corrected chi connectivity index (χ3v) is 4.55. The number of carbonyl (C=O) groups excluding carboxylic acids is 1. The molecule has 0 spiro atoms. The summed E-state index contributed by atoms with van der Waals surface area (Å²) in [5.74, 6) is -0.282. The fourth-order valence-corrected chi connectivity index (χ4v) is 3.14. The van der Waals surface area contributed by atoms with Gasteiger partial charge in [-0.3, -0.25) is 10.2 Å². The Morgan fingerprint density at radius 3 is 2.57 bits per heavy atom. The zero-order valence-electron chi connectivity index (χ0n) is 10.7. The van der Waals surface area contributed by atoms with Crippen molar-refractivity contribution in [2.24, 2.45) is 0 Å². The van der Waals surface area contributed by atoms with E-state index >= 15 is 0 Å². The summed E-state index contributed by atoms with van der Waals surface area (Å²) < 4.78 is 29.1. The number of nitrogens with one attached hydrogen (secondary N) is 2. The molecule has 0 bridgehead atoms. The van der Waals surface area contributed by atoms with Gasteiger partial charge in [0.2, 0.25) is 0 Å². The number of sulfonamides is 1. The number of hydrogen-bond acceptors (Lipinski definition) is 4. The molecule has 1 aromatic heterocycles. The number of rotatable bonds is 4. The topological polar surface area (TPSA) is 88.4 Å². The molecule has 1 heterocycles. The number of benzene rings is 1. The second kappa shape index (κ2) is 6.07. The van der Waals surface area contributed by atoms with Gasteiger partial charge >= 0.3 is 0 Å². The number of hydrogen-bond donors (Lipinski definition) is 2. The highest BCUT2D eigenvalue weighted by atomic mass is 35.5. The molecule has 0 aliphatic rings. The molecule has 2 rings (SSSR count). The highest BCUT2D eigenvalue weighted by Gasteiger charge is 2.20. The van der Waals surface area contributed by atoms with Crippen LogP contribution < -0.4 is 10.3 Å². The molecule has 2 aromatic rings. The summed E-state index contributed by atoms with van der Waals surface area (Å²) in [5.41, 5.74) is 2.29. The first-order chi connectivity index (χ1) is 9.81. The summed E-state index contributed by atoms with van der Waals surface area (Å²) in [7, 11) is -4.04. The summed E-state index contributed by atoms with van der Waals surface area (Å²) in [5, 5.41) is 0.192. The average molecular weight is 349 g/mol. The van der Waals surface area contributed by atoms with Gasteiger partial charge in [-0.15, -0.1) is 4.83 Å². The standard InChI is InChI=1S/C12H10Cl2N2O4S/c1-7-9(4-5-20-7)12(17)15-16-21(18,19)11-6-8(13)2-3-10(11)14/h2-6,16H,1H3,(H,15,17). The zero-order valence-corrected chi connectivity index (χ0v) is 13.0. The number of halogens is 2. The van der Waals surface area contributed by atoms with Gasteiger partial charge in [-0.1, -0.05) is 23.2 Å². The van der Waals surface area contributed by atoms with E-state index in [1.807, 2.05) is 4.83 Å². The van der Waals surface area contributed by atoms with Gasteiger partial charge in [0.05, 0.1) is 16.8 Å². The summed E-state index contributed by atoms with van der Waals surface area (Å²) >= 11 is 11.6. The van der Waals surface area contributed by atoms with Crippen LogP contribution in [0.4, 0.5) is 0 Å². The minimum Gasteiger partial charge on any atom is -0.469 e. The summed E-state index contributed by atoms with van der Waals surface area (Å²) in [6.07, 6.45) is 1.33. The van der Waals surface area contributed by atoms with Crippen LogP contribution in [0, 0.1) is 6.92 Å². The van der Waals surface area contributed by atoms with E-state index in [9.17, 15) is 13.2 Å². The molecule has 0 aliphatic carbocycles. The molecule has 2 N–H and O–H groups in total. The summed E-state index contributed by atoms with van der Waals surface area (Å²) in [4.78, 5) is 13.5. The van der Waals surface area contributed by atoms with Crippen molar-refractivity contribution < 1.29 is 17.6 Å². The fraction of sp³-hybridized carbons (Fsp3) is 0.0833. The molecule has 0 atom stereocenters. The Kier molecular flexibility index (Phi) is 4.58. The maximum atomic E-state index is 12.1. The Labute approximate surface area is 131 Å². The van der Waals surface area contributed by atoms with Crippen molar-refractivity contribution in [3.8, 4) is 0 Å². The van der Waals surface area contributed by atoms with Crippen LogP contribution in [-0.4, -0.2) is 14.3 Å². The first kappa shape index (κ1) is 15.8. The molecule has 0 fully saturated rings. The maximum absolute atomic E-state index is 12.1. The normalized spacial score (nSPS) is 11.4. The van der Waals surface area contributed by atoms with E-state index in [0.29, 0.717) is 5.76 Å². The largest absolute Gasteiger partial charge is 0.469 e. The SMILES string of the molecule is Cc1occc1C(=O)NNS(=O)(=O)c1cc(Cl)ccc1Cl. The lowest BCUT2D eigenvalue weighted by Crippen LogP contribution is -2.41. The van der Waals surface area contributed by atoms with Gasteiger partial charge in [0.25, 0.3) is 15.9 Å². The second-order valence-electron chi connectivity index (χ2n) is 4.02. The second-order valence-corrected chi connectivity index (χ2v) is 6.52. The minimum absolute atomic E-state index is 0.0133. The Balaban J connectivity index is 2.17. The molecule has 6 nitrogen and oxygen atoms in total. The van der Waals surface area contributed by atoms with Crippen molar-refractivity contribution in [2.45, 2.75) is 11.8 Å². The van der Waals surface area contributed by atoms with Crippen LogP contribution >= 0.6 is 23.2 Å². The van der Waals surface area contributed by atoms with Crippen LogP contribution in [-0.2, 0) is 10.0 Å². The molecule has 112 valence electrons. The van der Waals surface area contributed by atoms with E-state index in [1.54, 1.807) is 6.92 Å². The highest BCUT2D eigenvalue weighted by Crippen LogP contribution is 2.24. The Hall–Kier alpha value is -1.54. The van der Waals surface area contributed by atoms with Crippen molar-refractivity contribution in [1.82, 2.24) is 10.3 Å². The van der Waals surface area contributed by atoms with E-state index in [-0.39, 0.29) is 20.5 Å². The predicted octanol–water partition coefficient (Wildman–Crippen LogP) is 2.52. The van der Waals surface area contributed by atoms with Crippen LogP contribution in [0.1, 0.15) is 16.1 Å². The van der Waals surface area contributed by atoms with E-state index in [4.69, 9.17) is 27.6 Å². The quantitative estimate of drug-likeness (QED) is 0.831. The molecule has 1 aromatic carbocycles. The maximum Gasteiger partial charge on any atom is 0.269 e. The number of furan rings is 1. The van der Waals surface area contributed by atoms with Gasteiger partial charge in [-0.2, -0.15) is 0 Å². The molecular formula is C12H10Cl2N2O4S. The van der Waals surface area contributed by atoms with E-state index in [1.165, 1.54) is 30.5 Å².